The average Bonchev–Trinajstić information content (AvgIpc) is 2.85. The van der Waals surface area contributed by atoms with Crippen molar-refractivity contribution in [2.75, 3.05) is 41.9 Å². The highest BCUT2D eigenvalue weighted by Crippen LogP contribution is 2.30. The number of amides is 1. The molecule has 1 aliphatic rings. The molecule has 0 unspecified atom stereocenters. The highest BCUT2D eigenvalue weighted by Gasteiger charge is 2.31. The van der Waals surface area contributed by atoms with E-state index >= 15 is 0 Å². The van der Waals surface area contributed by atoms with Crippen molar-refractivity contribution in [3.05, 3.63) is 88.9 Å². The average molecular weight is 498 g/mol. The predicted octanol–water partition coefficient (Wildman–Crippen LogP) is 4.50. The van der Waals surface area contributed by atoms with E-state index in [-0.39, 0.29) is 28.1 Å². The van der Waals surface area contributed by atoms with E-state index in [0.29, 0.717) is 26.2 Å². The summed E-state index contributed by atoms with van der Waals surface area (Å²) in [5, 5.41) is 0.273. The van der Waals surface area contributed by atoms with Gasteiger partial charge in [0, 0.05) is 31.9 Å². The van der Waals surface area contributed by atoms with Crippen LogP contribution in [0.5, 0.6) is 0 Å². The fourth-order valence-corrected chi connectivity index (χ4v) is 5.91. The molecule has 0 aromatic heterocycles. The van der Waals surface area contributed by atoms with Crippen LogP contribution in [0.25, 0.3) is 0 Å². The zero-order valence-corrected chi connectivity index (χ0v) is 20.9. The van der Waals surface area contributed by atoms with Gasteiger partial charge >= 0.3 is 0 Å². The number of hydrogen-bond acceptors (Lipinski definition) is 4. The molecule has 3 aromatic carbocycles. The highest BCUT2D eigenvalue weighted by atomic mass is 35.5. The maximum absolute atomic E-state index is 13.5. The fraction of sp³-hybridized carbons (Fsp3) is 0.269. The summed E-state index contributed by atoms with van der Waals surface area (Å²) in [4.78, 5) is 17.4. The third-order valence-corrected chi connectivity index (χ3v) is 8.37. The second kappa shape index (κ2) is 10.1. The van der Waals surface area contributed by atoms with Crippen LogP contribution in [0.15, 0.2) is 77.7 Å². The minimum Gasteiger partial charge on any atom is -0.368 e. The van der Waals surface area contributed by atoms with Crippen LogP contribution in [0.4, 0.5) is 11.4 Å². The van der Waals surface area contributed by atoms with Gasteiger partial charge in [-0.15, -0.1) is 0 Å². The van der Waals surface area contributed by atoms with E-state index in [1.54, 1.807) is 47.4 Å². The molecule has 0 aliphatic carbocycles. The molecule has 0 atom stereocenters. The SMILES string of the molecule is Cc1cccc(N2CCN(C(=O)CN(c3ccccc3Cl)S(=O)(=O)c3ccccc3)CC2)c1C. The minimum atomic E-state index is -3.98. The van der Waals surface area contributed by atoms with Gasteiger partial charge in [0.05, 0.1) is 15.6 Å². The largest absolute Gasteiger partial charge is 0.368 e. The Bertz CT molecular complexity index is 1270. The molecule has 3 aromatic rings. The monoisotopic (exact) mass is 497 g/mol. The second-order valence-electron chi connectivity index (χ2n) is 8.36. The molecule has 0 N–H and O–H groups in total. The van der Waals surface area contributed by atoms with Gasteiger partial charge in [-0.25, -0.2) is 8.42 Å². The van der Waals surface area contributed by atoms with E-state index in [1.165, 1.54) is 28.9 Å². The Balaban J connectivity index is 1.54. The zero-order chi connectivity index (χ0) is 24.3. The van der Waals surface area contributed by atoms with Crippen LogP contribution in [-0.4, -0.2) is 51.9 Å². The molecule has 178 valence electrons. The summed E-state index contributed by atoms with van der Waals surface area (Å²) in [7, 11) is -3.98. The maximum atomic E-state index is 13.5. The van der Waals surface area contributed by atoms with Crippen LogP contribution >= 0.6 is 11.6 Å². The molecular weight excluding hydrogens is 470 g/mol. The van der Waals surface area contributed by atoms with Crippen molar-refractivity contribution >= 4 is 38.9 Å². The van der Waals surface area contributed by atoms with Gasteiger partial charge < -0.3 is 9.80 Å². The molecule has 6 nitrogen and oxygen atoms in total. The number of halogens is 1. The fourth-order valence-electron chi connectivity index (χ4n) is 4.17. The summed E-state index contributed by atoms with van der Waals surface area (Å²) in [5.74, 6) is -0.250. The van der Waals surface area contributed by atoms with Crippen LogP contribution in [-0.2, 0) is 14.8 Å². The lowest BCUT2D eigenvalue weighted by atomic mass is 10.1. The minimum absolute atomic E-state index is 0.113. The number of aryl methyl sites for hydroxylation is 1. The summed E-state index contributed by atoms with van der Waals surface area (Å²) in [6.07, 6.45) is 0. The Morgan fingerprint density at radius 3 is 2.21 bits per heavy atom. The molecule has 0 bridgehead atoms. The maximum Gasteiger partial charge on any atom is 0.264 e. The number of benzene rings is 3. The molecule has 1 heterocycles. The first kappa shape index (κ1) is 24.1. The first-order valence-corrected chi connectivity index (χ1v) is 13.0. The van der Waals surface area contributed by atoms with E-state index in [4.69, 9.17) is 11.6 Å². The Morgan fingerprint density at radius 2 is 1.53 bits per heavy atom. The molecule has 0 saturated carbocycles. The van der Waals surface area contributed by atoms with Gasteiger partial charge in [-0.05, 0) is 55.3 Å². The lowest BCUT2D eigenvalue weighted by molar-refractivity contribution is -0.129. The van der Waals surface area contributed by atoms with Crippen LogP contribution in [0, 0.1) is 13.8 Å². The number of nitrogens with zero attached hydrogens (tertiary/aromatic N) is 3. The van der Waals surface area contributed by atoms with E-state index in [0.717, 1.165) is 4.31 Å². The summed E-state index contributed by atoms with van der Waals surface area (Å²) in [6, 6.07) is 21.0. The molecule has 34 heavy (non-hydrogen) atoms. The topological polar surface area (TPSA) is 60.9 Å². The molecule has 4 rings (SSSR count). The summed E-state index contributed by atoms with van der Waals surface area (Å²) >= 11 is 6.36. The summed E-state index contributed by atoms with van der Waals surface area (Å²) < 4.78 is 28.1. The Morgan fingerprint density at radius 1 is 0.882 bits per heavy atom. The van der Waals surface area contributed by atoms with E-state index in [2.05, 4.69) is 30.9 Å². The number of rotatable bonds is 6. The second-order valence-corrected chi connectivity index (χ2v) is 10.6. The van der Waals surface area contributed by atoms with Gasteiger partial charge in [0.1, 0.15) is 6.54 Å². The van der Waals surface area contributed by atoms with Gasteiger partial charge in [-0.3, -0.25) is 9.10 Å². The molecule has 1 amide bonds. The predicted molar refractivity (Wildman–Crippen MR) is 137 cm³/mol. The quantitative estimate of drug-likeness (QED) is 0.503. The molecule has 1 aliphatic heterocycles. The number of anilines is 2. The third kappa shape index (κ3) is 4.91. The Hall–Kier alpha value is -3.03. The van der Waals surface area contributed by atoms with Crippen molar-refractivity contribution in [3.63, 3.8) is 0 Å². The molecule has 1 fully saturated rings. The third-order valence-electron chi connectivity index (χ3n) is 6.28. The van der Waals surface area contributed by atoms with Crippen molar-refractivity contribution < 1.29 is 13.2 Å². The summed E-state index contributed by atoms with van der Waals surface area (Å²) in [5.41, 5.74) is 3.94. The standard InChI is InChI=1S/C26H28ClN3O3S/c1-20-9-8-14-24(21(20)2)28-15-17-29(18-16-28)26(31)19-30(25-13-7-6-12-23(25)27)34(32,33)22-10-4-3-5-11-22/h3-14H,15-19H2,1-2H3. The van der Waals surface area contributed by atoms with Gasteiger partial charge in [0.25, 0.3) is 10.0 Å². The Labute approximate surface area is 206 Å². The summed E-state index contributed by atoms with van der Waals surface area (Å²) in [6.45, 7) is 6.31. The van der Waals surface area contributed by atoms with Crippen molar-refractivity contribution in [2.24, 2.45) is 0 Å². The number of para-hydroxylation sites is 1. The first-order valence-electron chi connectivity index (χ1n) is 11.2. The van der Waals surface area contributed by atoms with Crippen molar-refractivity contribution in [3.8, 4) is 0 Å². The van der Waals surface area contributed by atoms with Gasteiger partial charge in [0.2, 0.25) is 5.91 Å². The molecule has 1 saturated heterocycles. The van der Waals surface area contributed by atoms with Crippen LogP contribution in [0.3, 0.4) is 0 Å². The van der Waals surface area contributed by atoms with Crippen molar-refractivity contribution in [2.45, 2.75) is 18.7 Å². The number of sulfonamides is 1. The number of hydrogen-bond donors (Lipinski definition) is 0. The van der Waals surface area contributed by atoms with Gasteiger partial charge in [0.15, 0.2) is 0 Å². The van der Waals surface area contributed by atoms with Crippen molar-refractivity contribution in [1.82, 2.24) is 4.90 Å². The van der Waals surface area contributed by atoms with E-state index < -0.39 is 10.0 Å². The number of piperazine rings is 1. The van der Waals surface area contributed by atoms with E-state index in [1.807, 2.05) is 6.07 Å². The lowest BCUT2D eigenvalue weighted by Gasteiger charge is -2.38. The van der Waals surface area contributed by atoms with Gasteiger partial charge in [-0.1, -0.05) is 54.1 Å². The highest BCUT2D eigenvalue weighted by molar-refractivity contribution is 7.92. The van der Waals surface area contributed by atoms with Gasteiger partial charge in [-0.2, -0.15) is 0 Å². The van der Waals surface area contributed by atoms with Crippen LogP contribution in [0.1, 0.15) is 11.1 Å². The van der Waals surface area contributed by atoms with E-state index in [9.17, 15) is 13.2 Å². The normalized spacial score (nSPS) is 14.2. The lowest BCUT2D eigenvalue weighted by Crippen LogP contribution is -2.52. The molecule has 0 spiro atoms. The number of carbonyl (C=O) groups is 1. The first-order chi connectivity index (χ1) is 16.3. The smallest absolute Gasteiger partial charge is 0.264 e. The number of carbonyl (C=O) groups excluding carboxylic acids is 1. The van der Waals surface area contributed by atoms with Crippen molar-refractivity contribution in [1.29, 1.82) is 0 Å². The van der Waals surface area contributed by atoms with Crippen LogP contribution in [0.2, 0.25) is 5.02 Å². The Kier molecular flexibility index (Phi) is 7.14. The molecule has 8 heteroatoms. The molecule has 0 radical (unpaired) electrons. The van der Waals surface area contributed by atoms with Crippen LogP contribution < -0.4 is 9.21 Å². The zero-order valence-electron chi connectivity index (χ0n) is 19.3. The molecular formula is C26H28ClN3O3S.